The Morgan fingerprint density at radius 1 is 1.44 bits per heavy atom. The third-order valence-electron chi connectivity index (χ3n) is 4.28. The van der Waals surface area contributed by atoms with Gasteiger partial charge in [-0.05, 0) is 25.3 Å². The first-order valence-electron chi connectivity index (χ1n) is 6.72. The number of anilines is 1. The van der Waals surface area contributed by atoms with Gasteiger partial charge in [-0.3, -0.25) is 4.98 Å². The molecule has 0 aromatic carbocycles. The second-order valence-corrected chi connectivity index (χ2v) is 5.36. The number of hydrogen-bond donors (Lipinski definition) is 1. The van der Waals surface area contributed by atoms with Gasteiger partial charge in [-0.15, -0.1) is 0 Å². The van der Waals surface area contributed by atoms with Crippen LogP contribution in [0.1, 0.15) is 12.8 Å². The molecule has 0 aliphatic carbocycles. The van der Waals surface area contributed by atoms with Crippen LogP contribution in [-0.2, 0) is 0 Å². The quantitative estimate of drug-likeness (QED) is 0.832. The van der Waals surface area contributed by atoms with Crippen LogP contribution < -0.4 is 10.2 Å². The highest BCUT2D eigenvalue weighted by molar-refractivity contribution is 5.76. The van der Waals surface area contributed by atoms with Crippen molar-refractivity contribution in [2.24, 2.45) is 5.92 Å². The van der Waals surface area contributed by atoms with E-state index in [0.29, 0.717) is 6.04 Å². The van der Waals surface area contributed by atoms with Crippen molar-refractivity contribution >= 4 is 16.8 Å². The van der Waals surface area contributed by atoms with E-state index in [0.717, 1.165) is 30.1 Å². The van der Waals surface area contributed by atoms with Gasteiger partial charge in [0.15, 0.2) is 5.58 Å². The number of furan rings is 1. The third-order valence-corrected chi connectivity index (χ3v) is 4.28. The van der Waals surface area contributed by atoms with Gasteiger partial charge in [0.2, 0.25) is 0 Å². The van der Waals surface area contributed by atoms with Crippen molar-refractivity contribution in [1.82, 2.24) is 10.3 Å². The topological polar surface area (TPSA) is 41.3 Å². The smallest absolute Gasteiger partial charge is 0.154 e. The number of pyridine rings is 1. The normalized spacial score (nSPS) is 27.7. The minimum atomic E-state index is 0.666. The molecular weight excluding hydrogens is 226 g/mol. The predicted octanol–water partition coefficient (Wildman–Crippen LogP) is 2.02. The summed E-state index contributed by atoms with van der Waals surface area (Å²) in [4.78, 5) is 6.89. The third kappa shape index (κ3) is 1.60. The Balaban J connectivity index is 1.64. The molecule has 4 heterocycles. The van der Waals surface area contributed by atoms with Crippen LogP contribution in [0.15, 0.2) is 29.0 Å². The molecule has 2 aliphatic heterocycles. The van der Waals surface area contributed by atoms with Crippen LogP contribution in [0.2, 0.25) is 0 Å². The van der Waals surface area contributed by atoms with Crippen molar-refractivity contribution in [3.63, 3.8) is 0 Å². The van der Waals surface area contributed by atoms with Gasteiger partial charge in [-0.2, -0.15) is 0 Å². The van der Waals surface area contributed by atoms with Crippen LogP contribution in [0.25, 0.3) is 11.1 Å². The number of fused-ring (bicyclic) bond motifs is 2. The Kier molecular flexibility index (Phi) is 2.30. The lowest BCUT2D eigenvalue weighted by Gasteiger charge is -2.38. The molecule has 0 spiro atoms. The summed E-state index contributed by atoms with van der Waals surface area (Å²) >= 11 is 0. The Labute approximate surface area is 106 Å². The van der Waals surface area contributed by atoms with Crippen molar-refractivity contribution in [3.05, 3.63) is 24.6 Å². The molecule has 2 saturated heterocycles. The summed E-state index contributed by atoms with van der Waals surface area (Å²) in [7, 11) is 0. The van der Waals surface area contributed by atoms with E-state index in [4.69, 9.17) is 4.42 Å². The van der Waals surface area contributed by atoms with E-state index in [-0.39, 0.29) is 0 Å². The van der Waals surface area contributed by atoms with Crippen molar-refractivity contribution < 1.29 is 4.42 Å². The molecule has 0 unspecified atom stereocenters. The maximum Gasteiger partial charge on any atom is 0.154 e. The zero-order chi connectivity index (χ0) is 11.9. The molecule has 94 valence electrons. The summed E-state index contributed by atoms with van der Waals surface area (Å²) in [6.07, 6.45) is 6.30. The van der Waals surface area contributed by atoms with Gasteiger partial charge in [0.25, 0.3) is 0 Å². The first-order chi connectivity index (χ1) is 8.90. The van der Waals surface area contributed by atoms with E-state index in [1.165, 1.54) is 25.1 Å². The van der Waals surface area contributed by atoms with E-state index in [2.05, 4.69) is 21.3 Å². The van der Waals surface area contributed by atoms with Crippen molar-refractivity contribution in [2.75, 3.05) is 24.5 Å². The van der Waals surface area contributed by atoms with Gasteiger partial charge in [0, 0.05) is 31.3 Å². The lowest BCUT2D eigenvalue weighted by Crippen LogP contribution is -2.56. The van der Waals surface area contributed by atoms with Crippen LogP contribution in [0.4, 0.5) is 5.69 Å². The van der Waals surface area contributed by atoms with Crippen LogP contribution in [0, 0.1) is 5.92 Å². The summed E-state index contributed by atoms with van der Waals surface area (Å²) in [6.45, 7) is 3.43. The molecule has 4 rings (SSSR count). The van der Waals surface area contributed by atoms with Crippen molar-refractivity contribution in [2.45, 2.75) is 18.9 Å². The highest BCUT2D eigenvalue weighted by Gasteiger charge is 2.33. The van der Waals surface area contributed by atoms with Crippen LogP contribution in [0.5, 0.6) is 0 Å². The zero-order valence-electron chi connectivity index (χ0n) is 10.3. The van der Waals surface area contributed by atoms with Crippen LogP contribution >= 0.6 is 0 Å². The number of hydrogen-bond acceptors (Lipinski definition) is 4. The molecule has 2 aliphatic rings. The molecule has 2 fully saturated rings. The summed E-state index contributed by atoms with van der Waals surface area (Å²) in [5.41, 5.74) is 3.01. The lowest BCUT2D eigenvalue weighted by molar-refractivity contribution is 0.234. The molecule has 1 N–H and O–H groups in total. The Morgan fingerprint density at radius 2 is 2.44 bits per heavy atom. The number of aromatic nitrogens is 1. The van der Waals surface area contributed by atoms with E-state index < -0.39 is 0 Å². The first kappa shape index (κ1) is 10.4. The molecular formula is C14H17N3O. The van der Waals surface area contributed by atoms with E-state index in [1.54, 1.807) is 6.26 Å². The van der Waals surface area contributed by atoms with Gasteiger partial charge in [0.05, 0.1) is 18.1 Å². The van der Waals surface area contributed by atoms with Gasteiger partial charge in [-0.25, -0.2) is 0 Å². The second kappa shape index (κ2) is 3.99. The largest absolute Gasteiger partial charge is 0.463 e. The van der Waals surface area contributed by atoms with E-state index in [9.17, 15) is 0 Å². The van der Waals surface area contributed by atoms with Crippen LogP contribution in [0.3, 0.4) is 0 Å². The van der Waals surface area contributed by atoms with E-state index in [1.807, 2.05) is 12.3 Å². The fraction of sp³-hybridized carbons (Fsp3) is 0.500. The van der Waals surface area contributed by atoms with Crippen molar-refractivity contribution in [3.8, 4) is 0 Å². The van der Waals surface area contributed by atoms with Gasteiger partial charge in [0.1, 0.15) is 5.52 Å². The molecule has 0 saturated carbocycles. The molecule has 18 heavy (non-hydrogen) atoms. The number of nitrogens with zero attached hydrogens (tertiary/aromatic N) is 2. The molecule has 2 aromatic rings. The molecule has 0 amide bonds. The molecule has 2 aromatic heterocycles. The Bertz CT molecular complexity index is 565. The fourth-order valence-corrected chi connectivity index (χ4v) is 3.08. The maximum absolute atomic E-state index is 5.44. The summed E-state index contributed by atoms with van der Waals surface area (Å²) in [5.74, 6) is 0.885. The molecule has 2 atom stereocenters. The fourth-order valence-electron chi connectivity index (χ4n) is 3.08. The summed E-state index contributed by atoms with van der Waals surface area (Å²) < 4.78 is 5.44. The molecule has 0 radical (unpaired) electrons. The minimum absolute atomic E-state index is 0.666. The van der Waals surface area contributed by atoms with Gasteiger partial charge >= 0.3 is 0 Å². The Hall–Kier alpha value is -1.55. The predicted molar refractivity (Wildman–Crippen MR) is 70.7 cm³/mol. The van der Waals surface area contributed by atoms with Crippen LogP contribution in [-0.4, -0.2) is 30.7 Å². The monoisotopic (exact) mass is 243 g/mol. The number of nitrogens with one attached hydrogen (secondary N) is 1. The molecule has 0 bridgehead atoms. The molecule has 4 nitrogen and oxygen atoms in total. The minimum Gasteiger partial charge on any atom is -0.463 e. The SMILES string of the molecule is c1cc2ncc(N3CCC[C@H]4CN[C@H]4C3)cc2o1. The number of rotatable bonds is 1. The lowest BCUT2D eigenvalue weighted by atomic mass is 9.89. The summed E-state index contributed by atoms with van der Waals surface area (Å²) in [5, 5.41) is 3.53. The molecule has 4 heteroatoms. The van der Waals surface area contributed by atoms with Gasteiger partial charge < -0.3 is 14.6 Å². The van der Waals surface area contributed by atoms with E-state index >= 15 is 0 Å². The van der Waals surface area contributed by atoms with Gasteiger partial charge in [-0.1, -0.05) is 0 Å². The zero-order valence-corrected chi connectivity index (χ0v) is 10.3. The highest BCUT2D eigenvalue weighted by atomic mass is 16.3. The Morgan fingerprint density at radius 3 is 3.33 bits per heavy atom. The van der Waals surface area contributed by atoms with Crippen molar-refractivity contribution in [1.29, 1.82) is 0 Å². The summed E-state index contributed by atoms with van der Waals surface area (Å²) in [6, 6.07) is 4.69. The second-order valence-electron chi connectivity index (χ2n) is 5.36. The first-order valence-corrected chi connectivity index (χ1v) is 6.72. The average Bonchev–Trinajstić information content (AvgIpc) is 2.78. The average molecular weight is 243 g/mol. The maximum atomic E-state index is 5.44. The standard InChI is InChI=1S/C14H17N3O/c1-2-10-7-15-13(10)9-17(4-1)11-6-14-12(16-8-11)3-5-18-14/h3,5-6,8,10,13,15H,1-2,4,7,9H2/t10-,13-/m0/s1. The highest BCUT2D eigenvalue weighted by Crippen LogP contribution is 2.28.